The van der Waals surface area contributed by atoms with E-state index >= 15 is 0 Å². The normalized spacial score (nSPS) is 12.5. The van der Waals surface area contributed by atoms with E-state index in [0.29, 0.717) is 6.42 Å². The highest BCUT2D eigenvalue weighted by Crippen LogP contribution is 2.14. The van der Waals surface area contributed by atoms with Gasteiger partial charge in [-0.3, -0.25) is 0 Å². The van der Waals surface area contributed by atoms with Gasteiger partial charge >= 0.3 is 5.97 Å². The molecular formula is C13H18O4. The van der Waals surface area contributed by atoms with Gasteiger partial charge < -0.3 is 14.6 Å². The molecule has 4 nitrogen and oxygen atoms in total. The van der Waals surface area contributed by atoms with Crippen LogP contribution in [0.3, 0.4) is 0 Å². The van der Waals surface area contributed by atoms with E-state index in [1.54, 1.807) is 32.0 Å². The summed E-state index contributed by atoms with van der Waals surface area (Å²) >= 11 is 0. The summed E-state index contributed by atoms with van der Waals surface area (Å²) in [6, 6.07) is 6.74. The topological polar surface area (TPSA) is 55.8 Å². The molecule has 0 aromatic heterocycles. The van der Waals surface area contributed by atoms with Crippen molar-refractivity contribution in [3.63, 3.8) is 0 Å². The van der Waals surface area contributed by atoms with Crippen LogP contribution in [-0.2, 0) is 20.7 Å². The number of methoxy groups -OCH3 is 1. The Kier molecular flexibility index (Phi) is 4.97. The summed E-state index contributed by atoms with van der Waals surface area (Å²) in [5.41, 5.74) is 0.831. The van der Waals surface area contributed by atoms with Crippen LogP contribution in [0.1, 0.15) is 19.4 Å². The lowest BCUT2D eigenvalue weighted by Gasteiger charge is -2.16. The SMILES string of the molecule is COC(Cc1cccc(O)c1)C(=O)OC(C)C. The predicted octanol–water partition coefficient (Wildman–Crippen LogP) is 1.90. The number of phenolic OH excluding ortho intramolecular Hbond substituents is 1. The number of carbonyl (C=O) groups excluding carboxylic acids is 1. The molecule has 1 N–H and O–H groups in total. The molecule has 0 bridgehead atoms. The van der Waals surface area contributed by atoms with E-state index in [2.05, 4.69) is 0 Å². The molecule has 4 heteroatoms. The molecule has 94 valence electrons. The number of ether oxygens (including phenoxy) is 2. The lowest BCUT2D eigenvalue weighted by atomic mass is 10.1. The monoisotopic (exact) mass is 238 g/mol. The summed E-state index contributed by atoms with van der Waals surface area (Å²) in [4.78, 5) is 11.7. The molecule has 1 aromatic rings. The molecule has 0 amide bonds. The van der Waals surface area contributed by atoms with Crippen LogP contribution in [0.25, 0.3) is 0 Å². The molecule has 0 spiro atoms. The minimum absolute atomic E-state index is 0.163. The third kappa shape index (κ3) is 4.44. The Hall–Kier alpha value is -1.55. The van der Waals surface area contributed by atoms with Gasteiger partial charge in [-0.05, 0) is 31.5 Å². The number of hydrogen-bond donors (Lipinski definition) is 1. The quantitative estimate of drug-likeness (QED) is 0.796. The summed E-state index contributed by atoms with van der Waals surface area (Å²) in [7, 11) is 1.47. The Bertz CT molecular complexity index is 373. The van der Waals surface area contributed by atoms with Gasteiger partial charge in [0.25, 0.3) is 0 Å². The molecule has 0 saturated carbocycles. The van der Waals surface area contributed by atoms with Gasteiger partial charge in [-0.1, -0.05) is 12.1 Å². The molecule has 1 aromatic carbocycles. The molecule has 0 saturated heterocycles. The second-order valence-electron chi connectivity index (χ2n) is 4.08. The van der Waals surface area contributed by atoms with Gasteiger partial charge in [0.05, 0.1) is 6.10 Å². The van der Waals surface area contributed by atoms with E-state index in [0.717, 1.165) is 5.56 Å². The molecular weight excluding hydrogens is 220 g/mol. The smallest absolute Gasteiger partial charge is 0.335 e. The van der Waals surface area contributed by atoms with E-state index in [9.17, 15) is 9.90 Å². The fraction of sp³-hybridized carbons (Fsp3) is 0.462. The maximum absolute atomic E-state index is 11.7. The number of benzene rings is 1. The number of rotatable bonds is 5. The standard InChI is InChI=1S/C13H18O4/c1-9(2)17-13(15)12(16-3)8-10-5-4-6-11(14)7-10/h4-7,9,12,14H,8H2,1-3H3. The zero-order chi connectivity index (χ0) is 12.8. The van der Waals surface area contributed by atoms with Crippen molar-refractivity contribution < 1.29 is 19.4 Å². The Morgan fingerprint density at radius 2 is 2.12 bits per heavy atom. The van der Waals surface area contributed by atoms with Crippen LogP contribution in [0.2, 0.25) is 0 Å². The van der Waals surface area contributed by atoms with Crippen molar-refractivity contribution >= 4 is 5.97 Å². The van der Waals surface area contributed by atoms with Gasteiger partial charge in [-0.15, -0.1) is 0 Å². The van der Waals surface area contributed by atoms with Gasteiger partial charge in [0.1, 0.15) is 5.75 Å². The van der Waals surface area contributed by atoms with Gasteiger partial charge in [-0.25, -0.2) is 4.79 Å². The minimum Gasteiger partial charge on any atom is -0.508 e. The summed E-state index contributed by atoms with van der Waals surface area (Å²) < 4.78 is 10.2. The van der Waals surface area contributed by atoms with Gasteiger partial charge in [0.15, 0.2) is 6.10 Å². The summed E-state index contributed by atoms with van der Waals surface area (Å²) in [6.45, 7) is 3.58. The number of esters is 1. The molecule has 1 unspecified atom stereocenters. The van der Waals surface area contributed by atoms with Crippen LogP contribution in [0.5, 0.6) is 5.75 Å². The highest BCUT2D eigenvalue weighted by Gasteiger charge is 2.21. The van der Waals surface area contributed by atoms with Crippen LogP contribution in [-0.4, -0.2) is 30.4 Å². The van der Waals surface area contributed by atoms with Crippen LogP contribution in [0, 0.1) is 0 Å². The number of aromatic hydroxyl groups is 1. The summed E-state index contributed by atoms with van der Waals surface area (Å²) in [5.74, 6) is -0.208. The fourth-order valence-electron chi connectivity index (χ4n) is 1.47. The lowest BCUT2D eigenvalue weighted by Crippen LogP contribution is -2.29. The van der Waals surface area contributed by atoms with Crippen LogP contribution >= 0.6 is 0 Å². The molecule has 0 radical (unpaired) electrons. The van der Waals surface area contributed by atoms with Crippen molar-refractivity contribution in [1.29, 1.82) is 0 Å². The first-order valence-corrected chi connectivity index (χ1v) is 5.54. The first-order chi connectivity index (χ1) is 8.02. The first-order valence-electron chi connectivity index (χ1n) is 5.54. The van der Waals surface area contributed by atoms with E-state index in [-0.39, 0.29) is 17.8 Å². The first kappa shape index (κ1) is 13.5. The van der Waals surface area contributed by atoms with Crippen molar-refractivity contribution in [2.45, 2.75) is 32.5 Å². The van der Waals surface area contributed by atoms with Gasteiger partial charge in [0, 0.05) is 13.5 Å². The molecule has 0 aliphatic rings. The van der Waals surface area contributed by atoms with Crippen LogP contribution in [0.4, 0.5) is 0 Å². The van der Waals surface area contributed by atoms with Crippen LogP contribution in [0.15, 0.2) is 24.3 Å². The second-order valence-corrected chi connectivity index (χ2v) is 4.08. The summed E-state index contributed by atoms with van der Waals surface area (Å²) in [5, 5.41) is 9.33. The predicted molar refractivity (Wildman–Crippen MR) is 63.8 cm³/mol. The highest BCUT2D eigenvalue weighted by atomic mass is 16.6. The zero-order valence-corrected chi connectivity index (χ0v) is 10.3. The summed E-state index contributed by atoms with van der Waals surface area (Å²) in [6.07, 6.45) is -0.417. The maximum Gasteiger partial charge on any atom is 0.335 e. The van der Waals surface area contributed by atoms with Gasteiger partial charge in [-0.2, -0.15) is 0 Å². The molecule has 1 rings (SSSR count). The average Bonchev–Trinajstić information content (AvgIpc) is 2.24. The molecule has 17 heavy (non-hydrogen) atoms. The van der Waals surface area contributed by atoms with Crippen molar-refractivity contribution in [3.05, 3.63) is 29.8 Å². The highest BCUT2D eigenvalue weighted by molar-refractivity contribution is 5.75. The number of hydrogen-bond acceptors (Lipinski definition) is 4. The Labute approximate surface area is 101 Å². The fourth-order valence-corrected chi connectivity index (χ4v) is 1.47. The zero-order valence-electron chi connectivity index (χ0n) is 10.3. The van der Waals surface area contributed by atoms with E-state index in [1.807, 2.05) is 6.07 Å². The molecule has 0 aliphatic heterocycles. The average molecular weight is 238 g/mol. The van der Waals surface area contributed by atoms with Crippen molar-refractivity contribution in [1.82, 2.24) is 0 Å². The van der Waals surface area contributed by atoms with Crippen molar-refractivity contribution in [2.24, 2.45) is 0 Å². The number of phenols is 1. The molecule has 0 heterocycles. The molecule has 0 fully saturated rings. The van der Waals surface area contributed by atoms with Crippen molar-refractivity contribution in [3.8, 4) is 5.75 Å². The minimum atomic E-state index is -0.640. The van der Waals surface area contributed by atoms with E-state index < -0.39 is 6.10 Å². The van der Waals surface area contributed by atoms with E-state index in [4.69, 9.17) is 9.47 Å². The Morgan fingerprint density at radius 3 is 2.65 bits per heavy atom. The third-order valence-corrected chi connectivity index (χ3v) is 2.23. The van der Waals surface area contributed by atoms with Crippen LogP contribution < -0.4 is 0 Å². The van der Waals surface area contributed by atoms with Crippen molar-refractivity contribution in [2.75, 3.05) is 7.11 Å². The third-order valence-electron chi connectivity index (χ3n) is 2.23. The molecule has 0 aliphatic carbocycles. The molecule has 1 atom stereocenters. The Balaban J connectivity index is 2.66. The Morgan fingerprint density at radius 1 is 1.41 bits per heavy atom. The second kappa shape index (κ2) is 6.25. The largest absolute Gasteiger partial charge is 0.508 e. The maximum atomic E-state index is 11.7. The lowest BCUT2D eigenvalue weighted by molar-refractivity contribution is -0.159. The van der Waals surface area contributed by atoms with Gasteiger partial charge in [0.2, 0.25) is 0 Å². The number of carbonyl (C=O) groups is 1. The van der Waals surface area contributed by atoms with E-state index in [1.165, 1.54) is 7.11 Å².